The number of ether oxygens (including phenoxy) is 4. The number of benzene rings is 1. The molecule has 2 aliphatic rings. The Morgan fingerprint density at radius 3 is 2.34 bits per heavy atom. The summed E-state index contributed by atoms with van der Waals surface area (Å²) in [6.07, 6.45) is -2.31. The van der Waals surface area contributed by atoms with E-state index in [4.69, 9.17) is 23.4 Å². The van der Waals surface area contributed by atoms with Crippen molar-refractivity contribution in [3.8, 4) is 5.75 Å². The molecule has 0 aliphatic carbocycles. The molecule has 3 heterocycles. The van der Waals surface area contributed by atoms with Crippen LogP contribution in [0.15, 0.2) is 33.5 Å². The SMILES string of the molecule is CC(=O)O[C@H]1[C@@H](OC(=O)[C@]2(C)O[C@@H]2C)c2c(ccc3ccc(=O)oc23)OC1(C)C. The zero-order valence-corrected chi connectivity index (χ0v) is 16.8. The third-order valence-electron chi connectivity index (χ3n) is 5.48. The van der Waals surface area contributed by atoms with E-state index in [1.807, 2.05) is 0 Å². The Balaban J connectivity index is 1.89. The molecule has 4 rings (SSSR count). The van der Waals surface area contributed by atoms with Gasteiger partial charge < -0.3 is 23.4 Å². The van der Waals surface area contributed by atoms with Gasteiger partial charge in [-0.25, -0.2) is 9.59 Å². The van der Waals surface area contributed by atoms with Crippen LogP contribution in [0.3, 0.4) is 0 Å². The highest BCUT2D eigenvalue weighted by Gasteiger charge is 2.59. The molecule has 1 saturated heterocycles. The van der Waals surface area contributed by atoms with Crippen molar-refractivity contribution >= 4 is 22.9 Å². The topological polar surface area (TPSA) is 105 Å². The van der Waals surface area contributed by atoms with Crippen LogP contribution in [-0.2, 0) is 23.8 Å². The predicted octanol–water partition coefficient (Wildman–Crippen LogP) is 2.66. The molecule has 2 aromatic rings. The molecule has 0 N–H and O–H groups in total. The van der Waals surface area contributed by atoms with Crippen LogP contribution >= 0.6 is 0 Å². The Kier molecular flexibility index (Phi) is 4.24. The predicted molar refractivity (Wildman–Crippen MR) is 101 cm³/mol. The Bertz CT molecular complexity index is 1070. The number of esters is 2. The fourth-order valence-electron chi connectivity index (χ4n) is 3.63. The van der Waals surface area contributed by atoms with Gasteiger partial charge in [-0.05, 0) is 45.9 Å². The van der Waals surface area contributed by atoms with Crippen LogP contribution in [0.4, 0.5) is 0 Å². The number of hydrogen-bond acceptors (Lipinski definition) is 8. The lowest BCUT2D eigenvalue weighted by Crippen LogP contribution is -2.52. The minimum absolute atomic E-state index is 0.218. The summed E-state index contributed by atoms with van der Waals surface area (Å²) < 4.78 is 28.2. The van der Waals surface area contributed by atoms with Gasteiger partial charge in [0.15, 0.2) is 17.8 Å². The number of hydrogen-bond donors (Lipinski definition) is 0. The van der Waals surface area contributed by atoms with Crippen molar-refractivity contribution in [2.75, 3.05) is 0 Å². The van der Waals surface area contributed by atoms with Gasteiger partial charge in [-0.15, -0.1) is 0 Å². The standard InChI is InChI=1S/C21H22O8/c1-10-21(5,28-10)19(24)27-17-15-13(29-20(3,4)18(17)25-11(2)22)8-6-12-7-9-14(23)26-16(12)15/h6-10,17-18H,1-5H3/t10-,17+,18+,21-/m1/s1. The van der Waals surface area contributed by atoms with E-state index in [-0.39, 0.29) is 11.7 Å². The molecule has 0 bridgehead atoms. The van der Waals surface area contributed by atoms with E-state index in [1.54, 1.807) is 45.9 Å². The van der Waals surface area contributed by atoms with E-state index in [0.717, 1.165) is 0 Å². The van der Waals surface area contributed by atoms with Gasteiger partial charge in [0.05, 0.1) is 11.7 Å². The summed E-state index contributed by atoms with van der Waals surface area (Å²) in [5, 5.41) is 0.622. The minimum atomic E-state index is -1.07. The van der Waals surface area contributed by atoms with E-state index in [9.17, 15) is 14.4 Å². The van der Waals surface area contributed by atoms with Crippen LogP contribution in [0, 0.1) is 0 Å². The number of rotatable bonds is 3. The van der Waals surface area contributed by atoms with Crippen molar-refractivity contribution in [3.63, 3.8) is 0 Å². The summed E-state index contributed by atoms with van der Waals surface area (Å²) in [4.78, 5) is 36.5. The lowest BCUT2D eigenvalue weighted by atomic mass is 9.87. The van der Waals surface area contributed by atoms with E-state index < -0.39 is 41.0 Å². The third kappa shape index (κ3) is 3.17. The average molecular weight is 402 g/mol. The molecule has 0 unspecified atom stereocenters. The second kappa shape index (κ2) is 6.32. The van der Waals surface area contributed by atoms with Crippen LogP contribution in [0.25, 0.3) is 11.0 Å². The molecule has 1 aromatic heterocycles. The summed E-state index contributed by atoms with van der Waals surface area (Å²) in [6.45, 7) is 8.12. The van der Waals surface area contributed by atoms with Crippen LogP contribution in [0.2, 0.25) is 0 Å². The summed E-state index contributed by atoms with van der Waals surface area (Å²) in [6, 6.07) is 6.36. The van der Waals surface area contributed by atoms with Crippen molar-refractivity contribution < 1.29 is 33.0 Å². The van der Waals surface area contributed by atoms with E-state index in [2.05, 4.69) is 0 Å². The van der Waals surface area contributed by atoms with Crippen LogP contribution < -0.4 is 10.4 Å². The molecule has 1 aromatic carbocycles. The van der Waals surface area contributed by atoms with Crippen molar-refractivity contribution in [2.24, 2.45) is 0 Å². The van der Waals surface area contributed by atoms with Gasteiger partial charge in [0.2, 0.25) is 0 Å². The second-order valence-corrected chi connectivity index (χ2v) is 8.08. The summed E-state index contributed by atoms with van der Waals surface area (Å²) >= 11 is 0. The highest BCUT2D eigenvalue weighted by atomic mass is 16.7. The fourth-order valence-corrected chi connectivity index (χ4v) is 3.63. The highest BCUT2D eigenvalue weighted by molar-refractivity contribution is 5.86. The van der Waals surface area contributed by atoms with Crippen LogP contribution in [0.5, 0.6) is 5.75 Å². The molecule has 0 spiro atoms. The van der Waals surface area contributed by atoms with Gasteiger partial charge in [-0.2, -0.15) is 0 Å². The fraction of sp³-hybridized carbons (Fsp3) is 0.476. The minimum Gasteiger partial charge on any atom is -0.483 e. The van der Waals surface area contributed by atoms with Gasteiger partial charge in [0.1, 0.15) is 16.9 Å². The summed E-state index contributed by atoms with van der Waals surface area (Å²) in [5.41, 5.74) is -2.08. The zero-order valence-electron chi connectivity index (χ0n) is 16.8. The molecule has 4 atom stereocenters. The molecule has 29 heavy (non-hydrogen) atoms. The maximum atomic E-state index is 12.8. The molecule has 0 radical (unpaired) electrons. The van der Waals surface area contributed by atoms with E-state index >= 15 is 0 Å². The van der Waals surface area contributed by atoms with E-state index in [1.165, 1.54) is 13.0 Å². The molecule has 8 nitrogen and oxygen atoms in total. The molecule has 2 aliphatic heterocycles. The first-order valence-electron chi connectivity index (χ1n) is 9.35. The maximum Gasteiger partial charge on any atom is 0.341 e. The van der Waals surface area contributed by atoms with E-state index in [0.29, 0.717) is 16.7 Å². The maximum absolute atomic E-state index is 12.8. The molecule has 0 amide bonds. The first-order chi connectivity index (χ1) is 13.5. The molecule has 154 valence electrons. The summed E-state index contributed by atoms with van der Waals surface area (Å²) in [5.74, 6) is -0.765. The quantitative estimate of drug-likeness (QED) is 0.438. The molecular weight excluding hydrogens is 380 g/mol. The lowest BCUT2D eigenvalue weighted by molar-refractivity contribution is -0.191. The number of carbonyl (C=O) groups is 2. The highest BCUT2D eigenvalue weighted by Crippen LogP contribution is 2.48. The lowest BCUT2D eigenvalue weighted by Gasteiger charge is -2.43. The van der Waals surface area contributed by atoms with Gasteiger partial charge in [-0.3, -0.25) is 4.79 Å². The number of carbonyl (C=O) groups excluding carboxylic acids is 2. The first-order valence-corrected chi connectivity index (χ1v) is 9.35. The Hall–Kier alpha value is -2.87. The van der Waals surface area contributed by atoms with Crippen molar-refractivity contribution in [1.82, 2.24) is 0 Å². The van der Waals surface area contributed by atoms with Crippen molar-refractivity contribution in [2.45, 2.75) is 64.1 Å². The Morgan fingerprint density at radius 1 is 1.07 bits per heavy atom. The molecule has 0 saturated carbocycles. The van der Waals surface area contributed by atoms with Gasteiger partial charge >= 0.3 is 17.6 Å². The first kappa shape index (κ1) is 19.4. The second-order valence-electron chi connectivity index (χ2n) is 8.08. The average Bonchev–Trinajstić information content (AvgIpc) is 3.25. The molecule has 8 heteroatoms. The van der Waals surface area contributed by atoms with Gasteiger partial charge in [0.25, 0.3) is 0 Å². The molecule has 1 fully saturated rings. The van der Waals surface area contributed by atoms with Crippen molar-refractivity contribution in [1.29, 1.82) is 0 Å². The largest absolute Gasteiger partial charge is 0.483 e. The van der Waals surface area contributed by atoms with Gasteiger partial charge in [0, 0.05) is 18.4 Å². The Morgan fingerprint density at radius 2 is 1.72 bits per heavy atom. The van der Waals surface area contributed by atoms with Crippen LogP contribution in [0.1, 0.15) is 46.3 Å². The zero-order chi connectivity index (χ0) is 21.1. The molecular formula is C21H22O8. The number of epoxide rings is 1. The summed E-state index contributed by atoms with van der Waals surface area (Å²) in [7, 11) is 0. The number of fused-ring (bicyclic) bond motifs is 3. The normalized spacial score (nSPS) is 29.5. The smallest absolute Gasteiger partial charge is 0.341 e. The van der Waals surface area contributed by atoms with Crippen molar-refractivity contribution in [3.05, 3.63) is 40.2 Å². The third-order valence-corrected chi connectivity index (χ3v) is 5.48. The van der Waals surface area contributed by atoms with Gasteiger partial charge in [-0.1, -0.05) is 0 Å². The monoisotopic (exact) mass is 402 g/mol. The van der Waals surface area contributed by atoms with Crippen LogP contribution in [-0.4, -0.2) is 35.3 Å². The Labute approximate surface area is 166 Å².